The van der Waals surface area contributed by atoms with Gasteiger partial charge in [-0.25, -0.2) is 4.98 Å². The van der Waals surface area contributed by atoms with Crippen molar-refractivity contribution in [2.24, 2.45) is 0 Å². The van der Waals surface area contributed by atoms with Crippen molar-refractivity contribution in [3.63, 3.8) is 0 Å². The number of benzene rings is 1. The molecule has 0 spiro atoms. The van der Waals surface area contributed by atoms with Crippen LogP contribution in [0.5, 0.6) is 0 Å². The SMILES string of the molecule is N#Cc1nc2ccccc2n2nnnc12. The van der Waals surface area contributed by atoms with E-state index in [1.165, 1.54) is 4.52 Å². The van der Waals surface area contributed by atoms with E-state index in [2.05, 4.69) is 20.5 Å². The van der Waals surface area contributed by atoms with E-state index in [0.717, 1.165) is 5.52 Å². The van der Waals surface area contributed by atoms with E-state index in [1.54, 1.807) is 0 Å². The van der Waals surface area contributed by atoms with Gasteiger partial charge in [-0.05, 0) is 22.6 Å². The van der Waals surface area contributed by atoms with Gasteiger partial charge in [0.05, 0.1) is 11.0 Å². The fourth-order valence-corrected chi connectivity index (χ4v) is 1.48. The van der Waals surface area contributed by atoms with E-state index in [1.807, 2.05) is 30.3 Å². The van der Waals surface area contributed by atoms with Crippen LogP contribution in [-0.2, 0) is 0 Å². The average Bonchev–Trinajstić information content (AvgIpc) is 2.77. The van der Waals surface area contributed by atoms with Gasteiger partial charge in [0.1, 0.15) is 6.07 Å². The number of para-hydroxylation sites is 2. The lowest BCUT2D eigenvalue weighted by atomic mass is 10.3. The van der Waals surface area contributed by atoms with Crippen LogP contribution in [0.1, 0.15) is 5.69 Å². The summed E-state index contributed by atoms with van der Waals surface area (Å²) in [5.74, 6) is 0. The Balaban J connectivity index is 2.64. The van der Waals surface area contributed by atoms with Gasteiger partial charge >= 0.3 is 0 Å². The fourth-order valence-electron chi connectivity index (χ4n) is 1.48. The molecule has 3 aromatic rings. The second kappa shape index (κ2) is 2.72. The Labute approximate surface area is 83.8 Å². The van der Waals surface area contributed by atoms with E-state index in [-0.39, 0.29) is 5.69 Å². The Morgan fingerprint density at radius 1 is 1.27 bits per heavy atom. The van der Waals surface area contributed by atoms with Crippen molar-refractivity contribution >= 4 is 16.7 Å². The summed E-state index contributed by atoms with van der Waals surface area (Å²) in [6.07, 6.45) is 0. The number of hydrogen-bond acceptors (Lipinski definition) is 5. The van der Waals surface area contributed by atoms with Gasteiger partial charge in [0.2, 0.25) is 5.65 Å². The molecule has 0 N–H and O–H groups in total. The summed E-state index contributed by atoms with van der Waals surface area (Å²) in [6.45, 7) is 0. The highest BCUT2D eigenvalue weighted by molar-refractivity contribution is 5.78. The van der Waals surface area contributed by atoms with E-state index >= 15 is 0 Å². The standard InChI is InChI=1S/C9H4N6/c10-5-7-9-12-13-14-15(9)8-4-2-1-3-6(8)11-7/h1-4H. The summed E-state index contributed by atoms with van der Waals surface area (Å²) in [5.41, 5.74) is 2.11. The molecule has 0 saturated carbocycles. The molecule has 0 aliphatic rings. The number of nitriles is 1. The summed E-state index contributed by atoms with van der Waals surface area (Å²) in [6, 6.07) is 9.37. The minimum absolute atomic E-state index is 0.235. The summed E-state index contributed by atoms with van der Waals surface area (Å²) in [5, 5.41) is 20.0. The summed E-state index contributed by atoms with van der Waals surface area (Å²) in [7, 11) is 0. The van der Waals surface area contributed by atoms with Crippen molar-refractivity contribution in [1.82, 2.24) is 25.0 Å². The monoisotopic (exact) mass is 196 g/mol. The van der Waals surface area contributed by atoms with Crippen LogP contribution in [-0.4, -0.2) is 25.0 Å². The van der Waals surface area contributed by atoms with Gasteiger partial charge in [-0.3, -0.25) is 0 Å². The van der Waals surface area contributed by atoms with Crippen LogP contribution >= 0.6 is 0 Å². The van der Waals surface area contributed by atoms with Crippen LogP contribution in [0.4, 0.5) is 0 Å². The Kier molecular flexibility index (Phi) is 1.42. The first-order valence-corrected chi connectivity index (χ1v) is 4.27. The number of hydrogen-bond donors (Lipinski definition) is 0. The third-order valence-corrected chi connectivity index (χ3v) is 2.13. The fraction of sp³-hybridized carbons (Fsp3) is 0. The van der Waals surface area contributed by atoms with Crippen LogP contribution in [0.2, 0.25) is 0 Å². The zero-order valence-corrected chi connectivity index (χ0v) is 7.49. The summed E-state index contributed by atoms with van der Waals surface area (Å²) in [4.78, 5) is 4.17. The Morgan fingerprint density at radius 2 is 2.13 bits per heavy atom. The second-order valence-electron chi connectivity index (χ2n) is 2.98. The smallest absolute Gasteiger partial charge is 0.216 e. The minimum Gasteiger partial charge on any atom is -0.232 e. The Bertz CT molecular complexity index is 692. The summed E-state index contributed by atoms with van der Waals surface area (Å²) < 4.78 is 1.51. The highest BCUT2D eigenvalue weighted by atomic mass is 15.5. The Hall–Kier alpha value is -2.55. The van der Waals surface area contributed by atoms with Gasteiger partial charge in [-0.1, -0.05) is 12.1 Å². The van der Waals surface area contributed by atoms with E-state index in [0.29, 0.717) is 11.2 Å². The molecular formula is C9H4N6. The number of aromatic nitrogens is 5. The molecule has 0 aliphatic heterocycles. The molecule has 0 radical (unpaired) electrons. The molecule has 0 amide bonds. The predicted molar refractivity (Wildman–Crippen MR) is 50.8 cm³/mol. The maximum absolute atomic E-state index is 8.89. The lowest BCUT2D eigenvalue weighted by molar-refractivity contribution is 0.840. The molecule has 6 heteroatoms. The molecular weight excluding hydrogens is 192 g/mol. The van der Waals surface area contributed by atoms with Crippen LogP contribution in [0.25, 0.3) is 16.7 Å². The average molecular weight is 196 g/mol. The van der Waals surface area contributed by atoms with Gasteiger partial charge in [0, 0.05) is 0 Å². The first-order chi connectivity index (χ1) is 7.40. The van der Waals surface area contributed by atoms with Crippen molar-refractivity contribution in [1.29, 1.82) is 5.26 Å². The van der Waals surface area contributed by atoms with Crippen LogP contribution in [0.15, 0.2) is 24.3 Å². The zero-order chi connectivity index (χ0) is 10.3. The van der Waals surface area contributed by atoms with Crippen molar-refractivity contribution in [3.05, 3.63) is 30.0 Å². The third-order valence-electron chi connectivity index (χ3n) is 2.13. The number of rotatable bonds is 0. The van der Waals surface area contributed by atoms with Crippen LogP contribution in [0, 0.1) is 11.3 Å². The molecule has 2 aromatic heterocycles. The number of tetrazole rings is 1. The quantitative estimate of drug-likeness (QED) is 0.524. The molecule has 3 rings (SSSR count). The number of nitrogens with zero attached hydrogens (tertiary/aromatic N) is 6. The molecule has 0 fully saturated rings. The highest BCUT2D eigenvalue weighted by Gasteiger charge is 2.09. The Morgan fingerprint density at radius 3 is 3.00 bits per heavy atom. The molecule has 0 atom stereocenters. The van der Waals surface area contributed by atoms with Gasteiger partial charge in [0.25, 0.3) is 0 Å². The largest absolute Gasteiger partial charge is 0.232 e. The summed E-state index contributed by atoms with van der Waals surface area (Å²) >= 11 is 0. The molecule has 0 aliphatic carbocycles. The lowest BCUT2D eigenvalue weighted by Crippen LogP contribution is -1.97. The molecule has 70 valence electrons. The highest BCUT2D eigenvalue weighted by Crippen LogP contribution is 2.13. The van der Waals surface area contributed by atoms with Gasteiger partial charge in [0.15, 0.2) is 5.69 Å². The first kappa shape index (κ1) is 7.82. The third kappa shape index (κ3) is 0.971. The molecule has 2 heterocycles. The predicted octanol–water partition coefficient (Wildman–Crippen LogP) is 0.544. The second-order valence-corrected chi connectivity index (χ2v) is 2.98. The zero-order valence-electron chi connectivity index (χ0n) is 7.49. The molecule has 0 unspecified atom stereocenters. The molecule has 15 heavy (non-hydrogen) atoms. The molecule has 6 nitrogen and oxygen atoms in total. The lowest BCUT2D eigenvalue weighted by Gasteiger charge is -1.98. The normalized spacial score (nSPS) is 10.6. The first-order valence-electron chi connectivity index (χ1n) is 4.27. The van der Waals surface area contributed by atoms with Gasteiger partial charge in [-0.2, -0.15) is 9.78 Å². The maximum Gasteiger partial charge on any atom is 0.216 e. The molecule has 0 bridgehead atoms. The van der Waals surface area contributed by atoms with Crippen molar-refractivity contribution < 1.29 is 0 Å². The van der Waals surface area contributed by atoms with Crippen molar-refractivity contribution in [2.75, 3.05) is 0 Å². The van der Waals surface area contributed by atoms with E-state index in [9.17, 15) is 0 Å². The molecule has 1 aromatic carbocycles. The van der Waals surface area contributed by atoms with E-state index < -0.39 is 0 Å². The van der Waals surface area contributed by atoms with E-state index in [4.69, 9.17) is 5.26 Å². The minimum atomic E-state index is 0.235. The van der Waals surface area contributed by atoms with Crippen LogP contribution in [0.3, 0.4) is 0 Å². The van der Waals surface area contributed by atoms with Crippen molar-refractivity contribution in [3.8, 4) is 6.07 Å². The van der Waals surface area contributed by atoms with Gasteiger partial charge in [-0.15, -0.1) is 5.10 Å². The van der Waals surface area contributed by atoms with Crippen molar-refractivity contribution in [2.45, 2.75) is 0 Å². The van der Waals surface area contributed by atoms with Crippen LogP contribution < -0.4 is 0 Å². The number of fused-ring (bicyclic) bond motifs is 3. The molecule has 0 saturated heterocycles. The topological polar surface area (TPSA) is 79.8 Å². The van der Waals surface area contributed by atoms with Gasteiger partial charge < -0.3 is 0 Å². The maximum atomic E-state index is 8.89.